The topological polar surface area (TPSA) is 75.6 Å². The minimum atomic E-state index is -0.909. The van der Waals surface area contributed by atoms with Crippen LogP contribution in [0.1, 0.15) is 24.2 Å². The Balaban J connectivity index is 2.58. The van der Waals surface area contributed by atoms with Crippen molar-refractivity contribution < 1.29 is 19.4 Å². The number of nitrogens with one attached hydrogen (secondary N) is 1. The molecule has 5 nitrogen and oxygen atoms in total. The van der Waals surface area contributed by atoms with E-state index in [0.29, 0.717) is 30.2 Å². The smallest absolute Gasteiger partial charge is 0.316 e. The molecule has 120 valence electrons. The Labute approximate surface area is 134 Å². The molecule has 0 spiro atoms. The van der Waals surface area contributed by atoms with Gasteiger partial charge in [0.2, 0.25) is 0 Å². The van der Waals surface area contributed by atoms with Crippen molar-refractivity contribution in [2.24, 2.45) is 0 Å². The van der Waals surface area contributed by atoms with E-state index in [1.807, 2.05) is 6.92 Å². The Morgan fingerprint density at radius 3 is 2.73 bits per heavy atom. The number of benzene rings is 1. The second-order valence-electron chi connectivity index (χ2n) is 4.86. The third-order valence-corrected chi connectivity index (χ3v) is 3.83. The molecule has 1 amide bonds. The van der Waals surface area contributed by atoms with Gasteiger partial charge < -0.3 is 15.2 Å². The highest BCUT2D eigenvalue weighted by Gasteiger charge is 2.17. The number of carboxylic acids is 1. The Kier molecular flexibility index (Phi) is 7.70. The number of carboxylic acid groups (broad SMARTS) is 1. The highest BCUT2D eigenvalue weighted by atomic mass is 32.2. The largest absolute Gasteiger partial charge is 0.480 e. The van der Waals surface area contributed by atoms with E-state index < -0.39 is 11.2 Å². The minimum absolute atomic E-state index is 0.236. The van der Waals surface area contributed by atoms with Crippen molar-refractivity contribution in [2.75, 3.05) is 19.8 Å². The molecule has 0 bridgehead atoms. The maximum Gasteiger partial charge on any atom is 0.316 e. The Morgan fingerprint density at radius 1 is 1.41 bits per heavy atom. The van der Waals surface area contributed by atoms with Crippen LogP contribution in [0.4, 0.5) is 0 Å². The van der Waals surface area contributed by atoms with Crippen LogP contribution < -0.4 is 5.32 Å². The maximum absolute atomic E-state index is 12.2. The van der Waals surface area contributed by atoms with E-state index in [4.69, 9.17) is 9.84 Å². The first-order valence-corrected chi connectivity index (χ1v) is 7.78. The molecule has 0 heterocycles. The fraction of sp³-hybridized carbons (Fsp3) is 0.375. The van der Waals surface area contributed by atoms with Gasteiger partial charge in [-0.25, -0.2) is 0 Å². The summed E-state index contributed by atoms with van der Waals surface area (Å²) in [5.41, 5.74) is 1.40. The van der Waals surface area contributed by atoms with Crippen LogP contribution in [0.2, 0.25) is 0 Å². The summed E-state index contributed by atoms with van der Waals surface area (Å²) in [4.78, 5) is 23.8. The molecule has 0 aromatic heterocycles. The molecule has 1 atom stereocenters. The molecular formula is C16H21NO4S. The SMILES string of the molecule is C=C(C)COCCNC(=O)c1ccccc1SC(C)C(=O)O. The van der Waals surface area contributed by atoms with Gasteiger partial charge in [0, 0.05) is 11.4 Å². The second-order valence-corrected chi connectivity index (χ2v) is 6.24. The second kappa shape index (κ2) is 9.27. The van der Waals surface area contributed by atoms with Crippen molar-refractivity contribution in [1.82, 2.24) is 5.32 Å². The number of hydrogen-bond donors (Lipinski definition) is 2. The van der Waals surface area contributed by atoms with Gasteiger partial charge >= 0.3 is 5.97 Å². The summed E-state index contributed by atoms with van der Waals surface area (Å²) in [5, 5.41) is 11.1. The number of carbonyl (C=O) groups excluding carboxylic acids is 1. The summed E-state index contributed by atoms with van der Waals surface area (Å²) in [6.07, 6.45) is 0. The molecule has 1 aromatic carbocycles. The van der Waals surface area contributed by atoms with Crippen molar-refractivity contribution in [3.8, 4) is 0 Å². The Morgan fingerprint density at radius 2 is 2.09 bits per heavy atom. The normalized spacial score (nSPS) is 11.7. The number of carbonyl (C=O) groups is 2. The van der Waals surface area contributed by atoms with Crippen LogP contribution in [0.3, 0.4) is 0 Å². The molecule has 1 aromatic rings. The quantitative estimate of drug-likeness (QED) is 0.415. The van der Waals surface area contributed by atoms with Gasteiger partial charge in [0.15, 0.2) is 0 Å². The first-order valence-electron chi connectivity index (χ1n) is 6.90. The molecule has 0 aliphatic carbocycles. The van der Waals surface area contributed by atoms with Gasteiger partial charge in [-0.15, -0.1) is 11.8 Å². The van der Waals surface area contributed by atoms with Crippen molar-refractivity contribution in [1.29, 1.82) is 0 Å². The molecule has 1 rings (SSSR count). The van der Waals surface area contributed by atoms with Crippen molar-refractivity contribution in [2.45, 2.75) is 24.0 Å². The first kappa shape index (κ1) is 18.3. The number of rotatable bonds is 9. The monoisotopic (exact) mass is 323 g/mol. The van der Waals surface area contributed by atoms with E-state index in [0.717, 1.165) is 17.3 Å². The summed E-state index contributed by atoms with van der Waals surface area (Å²) in [5.74, 6) is -1.15. The third-order valence-electron chi connectivity index (χ3n) is 2.66. The van der Waals surface area contributed by atoms with E-state index in [1.165, 1.54) is 0 Å². The van der Waals surface area contributed by atoms with Crippen molar-refractivity contribution >= 4 is 23.6 Å². The minimum Gasteiger partial charge on any atom is -0.480 e. The van der Waals surface area contributed by atoms with Crippen LogP contribution in [0, 0.1) is 0 Å². The highest BCUT2D eigenvalue weighted by Crippen LogP contribution is 2.26. The predicted molar refractivity (Wildman–Crippen MR) is 87.4 cm³/mol. The number of hydrogen-bond acceptors (Lipinski definition) is 4. The van der Waals surface area contributed by atoms with E-state index in [-0.39, 0.29) is 5.91 Å². The lowest BCUT2D eigenvalue weighted by atomic mass is 10.2. The summed E-state index contributed by atoms with van der Waals surface area (Å²) in [6.45, 7) is 8.45. The molecule has 0 aliphatic rings. The van der Waals surface area contributed by atoms with E-state index in [9.17, 15) is 9.59 Å². The standard InChI is InChI=1S/C16H21NO4S/c1-11(2)10-21-9-8-17-15(18)13-6-4-5-7-14(13)22-12(3)16(19)20/h4-7,12H,1,8-10H2,2-3H3,(H,17,18)(H,19,20). The highest BCUT2D eigenvalue weighted by molar-refractivity contribution is 8.00. The molecule has 22 heavy (non-hydrogen) atoms. The van der Waals surface area contributed by atoms with Gasteiger partial charge in [0.05, 0.1) is 18.8 Å². The van der Waals surface area contributed by atoms with Crippen LogP contribution >= 0.6 is 11.8 Å². The number of ether oxygens (including phenoxy) is 1. The Bertz CT molecular complexity index is 545. The van der Waals surface area contributed by atoms with Crippen molar-refractivity contribution in [3.63, 3.8) is 0 Å². The van der Waals surface area contributed by atoms with Gasteiger partial charge in [-0.1, -0.05) is 24.3 Å². The van der Waals surface area contributed by atoms with E-state index in [2.05, 4.69) is 11.9 Å². The summed E-state index contributed by atoms with van der Waals surface area (Å²) in [6, 6.07) is 6.96. The lowest BCUT2D eigenvalue weighted by Gasteiger charge is -2.12. The van der Waals surface area contributed by atoms with Crippen LogP contribution in [0.15, 0.2) is 41.3 Å². The fourth-order valence-corrected chi connectivity index (χ4v) is 2.50. The van der Waals surface area contributed by atoms with Gasteiger partial charge in [-0.2, -0.15) is 0 Å². The number of thioether (sulfide) groups is 1. The van der Waals surface area contributed by atoms with Gasteiger partial charge in [-0.05, 0) is 26.0 Å². The molecule has 0 radical (unpaired) electrons. The predicted octanol–water partition coefficient (Wildman–Crippen LogP) is 2.57. The molecular weight excluding hydrogens is 302 g/mol. The molecule has 0 saturated heterocycles. The third kappa shape index (κ3) is 6.32. The maximum atomic E-state index is 12.2. The average molecular weight is 323 g/mol. The average Bonchev–Trinajstić information content (AvgIpc) is 2.46. The van der Waals surface area contributed by atoms with Gasteiger partial charge in [0.1, 0.15) is 5.25 Å². The summed E-state index contributed by atoms with van der Waals surface area (Å²) < 4.78 is 5.31. The lowest BCUT2D eigenvalue weighted by Crippen LogP contribution is -2.28. The van der Waals surface area contributed by atoms with Crippen LogP contribution in [0.25, 0.3) is 0 Å². The number of aliphatic carboxylic acids is 1. The first-order chi connectivity index (χ1) is 10.4. The van der Waals surface area contributed by atoms with Crippen LogP contribution in [0.5, 0.6) is 0 Å². The molecule has 0 saturated carbocycles. The van der Waals surface area contributed by atoms with Crippen molar-refractivity contribution in [3.05, 3.63) is 42.0 Å². The van der Waals surface area contributed by atoms with Crippen LogP contribution in [-0.4, -0.2) is 42.0 Å². The number of amides is 1. The zero-order valence-electron chi connectivity index (χ0n) is 12.8. The Hall–Kier alpha value is -1.79. The lowest BCUT2D eigenvalue weighted by molar-refractivity contribution is -0.136. The fourth-order valence-electron chi connectivity index (χ4n) is 1.58. The van der Waals surface area contributed by atoms with Gasteiger partial charge in [-0.3, -0.25) is 9.59 Å². The zero-order valence-corrected chi connectivity index (χ0v) is 13.6. The molecule has 6 heteroatoms. The zero-order chi connectivity index (χ0) is 16.5. The van der Waals surface area contributed by atoms with E-state index >= 15 is 0 Å². The molecule has 0 aliphatic heterocycles. The van der Waals surface area contributed by atoms with Crippen LogP contribution in [-0.2, 0) is 9.53 Å². The molecule has 2 N–H and O–H groups in total. The van der Waals surface area contributed by atoms with E-state index in [1.54, 1.807) is 31.2 Å². The molecule has 1 unspecified atom stereocenters. The molecule has 0 fully saturated rings. The van der Waals surface area contributed by atoms with Gasteiger partial charge in [0.25, 0.3) is 5.91 Å². The summed E-state index contributed by atoms with van der Waals surface area (Å²) in [7, 11) is 0. The summed E-state index contributed by atoms with van der Waals surface area (Å²) >= 11 is 1.15.